The summed E-state index contributed by atoms with van der Waals surface area (Å²) in [7, 11) is 0. The second kappa shape index (κ2) is 10.8. The Kier molecular flexibility index (Phi) is 8.11. The number of halogens is 1. The van der Waals surface area contributed by atoms with E-state index in [1.807, 2.05) is 30.5 Å². The molecule has 0 aliphatic rings. The standard InChI is InChI=1S/C21H23ClN4O3S2/c1-4-15-11-16(20(28)29-6-3)19(31-15)23-17(27)12-30-21-25-24-18(26(21)5-2)13-7-9-14(22)10-8-13/h7-11H,4-6,12H2,1-3H3,(H,23,27). The summed E-state index contributed by atoms with van der Waals surface area (Å²) < 4.78 is 7.05. The molecule has 3 aromatic rings. The van der Waals surface area contributed by atoms with Gasteiger partial charge in [0.05, 0.1) is 17.9 Å². The van der Waals surface area contributed by atoms with Gasteiger partial charge in [0.15, 0.2) is 11.0 Å². The SMILES string of the molecule is CCOC(=O)c1cc(CC)sc1NC(=O)CSc1nnc(-c2ccc(Cl)cc2)n1CC. The molecule has 2 aromatic heterocycles. The number of thioether (sulfide) groups is 1. The third-order valence-corrected chi connectivity index (χ3v) is 6.76. The van der Waals surface area contributed by atoms with Gasteiger partial charge in [0.1, 0.15) is 5.00 Å². The van der Waals surface area contributed by atoms with Crippen molar-refractivity contribution in [1.29, 1.82) is 0 Å². The minimum atomic E-state index is -0.431. The summed E-state index contributed by atoms with van der Waals surface area (Å²) in [6.45, 7) is 6.69. The number of amides is 1. The third kappa shape index (κ3) is 5.66. The number of nitrogens with zero attached hydrogens (tertiary/aromatic N) is 3. The minimum absolute atomic E-state index is 0.139. The van der Waals surface area contributed by atoms with Crippen LogP contribution in [0.2, 0.25) is 5.02 Å². The number of hydrogen-bond acceptors (Lipinski definition) is 7. The molecule has 0 saturated carbocycles. The van der Waals surface area contributed by atoms with E-state index in [1.165, 1.54) is 23.1 Å². The van der Waals surface area contributed by atoms with Crippen LogP contribution in [0.1, 0.15) is 36.0 Å². The molecule has 0 saturated heterocycles. The van der Waals surface area contributed by atoms with E-state index in [1.54, 1.807) is 25.1 Å². The van der Waals surface area contributed by atoms with Crippen LogP contribution in [0.3, 0.4) is 0 Å². The van der Waals surface area contributed by atoms with E-state index in [9.17, 15) is 9.59 Å². The second-order valence-electron chi connectivity index (χ2n) is 6.42. The molecule has 10 heteroatoms. The number of hydrogen-bond donors (Lipinski definition) is 1. The van der Waals surface area contributed by atoms with Gasteiger partial charge >= 0.3 is 5.97 Å². The first-order valence-electron chi connectivity index (χ1n) is 9.88. The topological polar surface area (TPSA) is 86.1 Å². The Morgan fingerprint density at radius 1 is 1.19 bits per heavy atom. The molecule has 7 nitrogen and oxygen atoms in total. The highest BCUT2D eigenvalue weighted by molar-refractivity contribution is 7.99. The van der Waals surface area contributed by atoms with Gasteiger partial charge in [-0.15, -0.1) is 21.5 Å². The maximum atomic E-state index is 12.6. The van der Waals surface area contributed by atoms with E-state index >= 15 is 0 Å². The van der Waals surface area contributed by atoms with Crippen molar-refractivity contribution < 1.29 is 14.3 Å². The van der Waals surface area contributed by atoms with Crippen molar-refractivity contribution >= 4 is 51.6 Å². The smallest absolute Gasteiger partial charge is 0.341 e. The van der Waals surface area contributed by atoms with E-state index < -0.39 is 5.97 Å². The van der Waals surface area contributed by atoms with Crippen LogP contribution in [0.5, 0.6) is 0 Å². The first-order valence-corrected chi connectivity index (χ1v) is 12.1. The fourth-order valence-corrected chi connectivity index (χ4v) is 4.78. The average molecular weight is 479 g/mol. The molecule has 164 valence electrons. The van der Waals surface area contributed by atoms with Gasteiger partial charge in [-0.2, -0.15) is 0 Å². The van der Waals surface area contributed by atoms with Crippen molar-refractivity contribution in [1.82, 2.24) is 14.8 Å². The lowest BCUT2D eigenvalue weighted by atomic mass is 10.2. The molecule has 31 heavy (non-hydrogen) atoms. The van der Waals surface area contributed by atoms with E-state index in [-0.39, 0.29) is 18.3 Å². The van der Waals surface area contributed by atoms with Crippen molar-refractivity contribution in [2.45, 2.75) is 38.9 Å². The van der Waals surface area contributed by atoms with Gasteiger partial charge in [0.2, 0.25) is 5.91 Å². The molecular weight excluding hydrogens is 456 g/mol. The number of thiophene rings is 1. The summed E-state index contributed by atoms with van der Waals surface area (Å²) in [5.74, 6) is 0.205. The minimum Gasteiger partial charge on any atom is -0.462 e. The lowest BCUT2D eigenvalue weighted by molar-refractivity contribution is -0.113. The van der Waals surface area contributed by atoms with Gasteiger partial charge in [0.25, 0.3) is 0 Å². The molecule has 0 atom stereocenters. The molecule has 1 N–H and O–H groups in total. The lowest BCUT2D eigenvalue weighted by Gasteiger charge is -2.08. The number of aromatic nitrogens is 3. The van der Waals surface area contributed by atoms with E-state index in [0.29, 0.717) is 27.3 Å². The number of carbonyl (C=O) groups is 2. The molecular formula is C21H23ClN4O3S2. The van der Waals surface area contributed by atoms with Crippen LogP contribution in [0, 0.1) is 0 Å². The molecule has 0 bridgehead atoms. The Hall–Kier alpha value is -2.36. The Morgan fingerprint density at radius 3 is 2.58 bits per heavy atom. The first-order chi connectivity index (χ1) is 15.0. The maximum absolute atomic E-state index is 12.6. The summed E-state index contributed by atoms with van der Waals surface area (Å²) in [5, 5.41) is 13.2. The number of benzene rings is 1. The monoisotopic (exact) mass is 478 g/mol. The number of anilines is 1. The molecule has 1 amide bonds. The third-order valence-electron chi connectivity index (χ3n) is 4.35. The predicted octanol–water partition coefficient (Wildman–Crippen LogP) is 5.15. The zero-order valence-electron chi connectivity index (χ0n) is 17.5. The van der Waals surface area contributed by atoms with Crippen LogP contribution in [-0.2, 0) is 22.5 Å². The van der Waals surface area contributed by atoms with Gasteiger partial charge < -0.3 is 14.6 Å². The number of esters is 1. The van der Waals surface area contributed by atoms with E-state index in [2.05, 4.69) is 15.5 Å². The summed E-state index contributed by atoms with van der Waals surface area (Å²) >= 11 is 8.65. The predicted molar refractivity (Wildman–Crippen MR) is 125 cm³/mol. The molecule has 0 unspecified atom stereocenters. The maximum Gasteiger partial charge on any atom is 0.341 e. The Balaban J connectivity index is 1.70. The van der Waals surface area contributed by atoms with Crippen molar-refractivity contribution in [3.05, 3.63) is 45.8 Å². The van der Waals surface area contributed by atoms with Gasteiger partial charge in [-0.05, 0) is 50.6 Å². The summed E-state index contributed by atoms with van der Waals surface area (Å²) in [5.41, 5.74) is 1.30. The Labute approximate surface area is 194 Å². The molecule has 3 rings (SSSR count). The molecule has 0 aliphatic carbocycles. The van der Waals surface area contributed by atoms with Crippen molar-refractivity contribution in [2.24, 2.45) is 0 Å². The number of carbonyl (C=O) groups excluding carboxylic acids is 2. The van der Waals surface area contributed by atoms with Crippen LogP contribution >= 0.6 is 34.7 Å². The molecule has 2 heterocycles. The van der Waals surface area contributed by atoms with Crippen molar-refractivity contribution in [3.8, 4) is 11.4 Å². The zero-order chi connectivity index (χ0) is 22.4. The highest BCUT2D eigenvalue weighted by Crippen LogP contribution is 2.30. The largest absolute Gasteiger partial charge is 0.462 e. The fraction of sp³-hybridized carbons (Fsp3) is 0.333. The number of aryl methyl sites for hydroxylation is 1. The highest BCUT2D eigenvalue weighted by atomic mass is 35.5. The molecule has 0 spiro atoms. The molecule has 0 aliphatic heterocycles. The molecule has 0 fully saturated rings. The Bertz CT molecular complexity index is 1060. The molecule has 1 aromatic carbocycles. The Morgan fingerprint density at radius 2 is 1.94 bits per heavy atom. The van der Waals surface area contributed by atoms with Crippen LogP contribution in [0.25, 0.3) is 11.4 Å². The van der Waals surface area contributed by atoms with Gasteiger partial charge in [-0.25, -0.2) is 4.79 Å². The van der Waals surface area contributed by atoms with Gasteiger partial charge in [-0.3, -0.25) is 4.79 Å². The number of ether oxygens (including phenoxy) is 1. The van der Waals surface area contributed by atoms with Crippen LogP contribution in [-0.4, -0.2) is 39.0 Å². The molecule has 0 radical (unpaired) electrons. The lowest BCUT2D eigenvalue weighted by Crippen LogP contribution is -2.16. The van der Waals surface area contributed by atoms with Crippen LogP contribution in [0.15, 0.2) is 35.5 Å². The van der Waals surface area contributed by atoms with E-state index in [4.69, 9.17) is 16.3 Å². The van der Waals surface area contributed by atoms with Crippen LogP contribution < -0.4 is 5.32 Å². The van der Waals surface area contributed by atoms with E-state index in [0.717, 1.165) is 22.7 Å². The quantitative estimate of drug-likeness (QED) is 0.338. The summed E-state index contributed by atoms with van der Waals surface area (Å²) in [6, 6.07) is 9.16. The van der Waals surface area contributed by atoms with Gasteiger partial charge in [-0.1, -0.05) is 30.3 Å². The van der Waals surface area contributed by atoms with Crippen LogP contribution in [0.4, 0.5) is 5.00 Å². The summed E-state index contributed by atoms with van der Waals surface area (Å²) in [4.78, 5) is 25.8. The highest BCUT2D eigenvalue weighted by Gasteiger charge is 2.20. The zero-order valence-corrected chi connectivity index (χ0v) is 19.9. The van der Waals surface area contributed by atoms with Crippen molar-refractivity contribution in [3.63, 3.8) is 0 Å². The van der Waals surface area contributed by atoms with Gasteiger partial charge in [0, 0.05) is 22.0 Å². The fourth-order valence-electron chi connectivity index (χ4n) is 2.86. The normalized spacial score (nSPS) is 10.8. The first kappa shape index (κ1) is 23.3. The number of rotatable bonds is 9. The number of nitrogens with one attached hydrogen (secondary N) is 1. The van der Waals surface area contributed by atoms with Crippen molar-refractivity contribution in [2.75, 3.05) is 17.7 Å². The average Bonchev–Trinajstić information content (AvgIpc) is 3.36. The second-order valence-corrected chi connectivity index (χ2v) is 8.94. The summed E-state index contributed by atoms with van der Waals surface area (Å²) in [6.07, 6.45) is 0.773.